The Morgan fingerprint density at radius 1 is 0.957 bits per heavy atom. The number of rotatable bonds is 7. The van der Waals surface area contributed by atoms with Crippen LogP contribution in [0.15, 0.2) is 42.0 Å². The molecule has 0 atom stereocenters. The van der Waals surface area contributed by atoms with E-state index >= 15 is 0 Å². The number of carbonyl (C=O) groups is 3. The molecule has 1 aromatic heterocycles. The Kier molecular flexibility index (Phi) is 8.45. The van der Waals surface area contributed by atoms with Crippen LogP contribution in [0.1, 0.15) is 59.5 Å². The van der Waals surface area contributed by atoms with Crippen molar-refractivity contribution in [3.63, 3.8) is 0 Å². The topological polar surface area (TPSA) is 121 Å². The number of hydrogen-bond acceptors (Lipinski definition) is 6. The predicted molar refractivity (Wildman–Crippen MR) is 177 cm³/mol. The van der Waals surface area contributed by atoms with E-state index in [1.54, 1.807) is 43.1 Å². The Morgan fingerprint density at radius 3 is 2.33 bits per heavy atom. The van der Waals surface area contributed by atoms with E-state index in [0.29, 0.717) is 30.3 Å². The molecule has 0 spiro atoms. The molecule has 3 aromatic rings. The fourth-order valence-electron chi connectivity index (χ4n) is 6.95. The van der Waals surface area contributed by atoms with Gasteiger partial charge in [-0.05, 0) is 66.3 Å². The Labute approximate surface area is 270 Å². The van der Waals surface area contributed by atoms with Crippen molar-refractivity contribution >= 4 is 44.9 Å². The maximum Gasteiger partial charge on any atom is 0.303 e. The SMILES string of the molecule is COc1ccc2c(c1)C=C(C(=O)N1CC(C(=O)N(C)C)C1)Cn1c-2c(C2CCCCC2)c2ccc(C(=O)NS(=O)(=O)N(C)C)cc21. The third-order valence-electron chi connectivity index (χ3n) is 9.49. The van der Waals surface area contributed by atoms with Crippen LogP contribution in [0, 0.1) is 5.92 Å². The lowest BCUT2D eigenvalue weighted by Crippen LogP contribution is -2.55. The molecule has 12 heteroatoms. The number of ether oxygens (including phenoxy) is 1. The minimum Gasteiger partial charge on any atom is -0.497 e. The van der Waals surface area contributed by atoms with Crippen LogP contribution >= 0.6 is 0 Å². The third-order valence-corrected chi connectivity index (χ3v) is 10.9. The first-order chi connectivity index (χ1) is 21.9. The van der Waals surface area contributed by atoms with Crippen molar-refractivity contribution < 1.29 is 27.5 Å². The first-order valence-electron chi connectivity index (χ1n) is 15.7. The van der Waals surface area contributed by atoms with Gasteiger partial charge in [-0.2, -0.15) is 12.7 Å². The van der Waals surface area contributed by atoms with E-state index in [-0.39, 0.29) is 29.8 Å². The molecule has 0 bridgehead atoms. The molecule has 11 nitrogen and oxygen atoms in total. The molecule has 1 aliphatic carbocycles. The second-order valence-electron chi connectivity index (χ2n) is 12.9. The van der Waals surface area contributed by atoms with Crippen LogP contribution < -0.4 is 9.46 Å². The molecule has 0 unspecified atom stereocenters. The van der Waals surface area contributed by atoms with Gasteiger partial charge in [0.05, 0.1) is 25.3 Å². The molecule has 2 aromatic carbocycles. The van der Waals surface area contributed by atoms with Crippen LogP contribution in [-0.4, -0.2) is 93.2 Å². The molecule has 0 radical (unpaired) electrons. The van der Waals surface area contributed by atoms with Gasteiger partial charge in [0.1, 0.15) is 5.75 Å². The number of aromatic nitrogens is 1. The molecule has 2 aliphatic heterocycles. The lowest BCUT2D eigenvalue weighted by atomic mass is 9.81. The number of likely N-dealkylation sites (tertiary alicyclic amines) is 1. The van der Waals surface area contributed by atoms with Crippen LogP contribution in [0.5, 0.6) is 5.75 Å². The highest BCUT2D eigenvalue weighted by atomic mass is 32.2. The molecule has 6 rings (SSSR count). The Morgan fingerprint density at radius 2 is 1.67 bits per heavy atom. The van der Waals surface area contributed by atoms with Gasteiger partial charge in [0, 0.05) is 68.9 Å². The molecular formula is C34H41N5O6S. The first kappa shape index (κ1) is 31.8. The molecule has 3 heterocycles. The summed E-state index contributed by atoms with van der Waals surface area (Å²) in [6, 6.07) is 11.2. The van der Waals surface area contributed by atoms with Crippen LogP contribution in [0.2, 0.25) is 0 Å². The van der Waals surface area contributed by atoms with E-state index in [1.165, 1.54) is 26.1 Å². The maximum atomic E-state index is 14.0. The van der Waals surface area contributed by atoms with Gasteiger partial charge in [0.25, 0.3) is 11.8 Å². The van der Waals surface area contributed by atoms with Gasteiger partial charge in [-0.25, -0.2) is 4.72 Å². The zero-order valence-corrected chi connectivity index (χ0v) is 27.8. The standard InChI is InChI=1S/C34H41N5O6S/c1-36(2)33(41)25-18-38(19-25)34(42)24-15-23-16-26(45-5)12-14-27(23)31-30(21-9-7-6-8-10-21)28-13-11-22(17-29(28)39(31)20-24)32(40)35-46(43,44)37(3)4/h11-17,21,25H,6-10,18-20H2,1-5H3,(H,35,40). The highest BCUT2D eigenvalue weighted by Gasteiger charge is 2.38. The van der Waals surface area contributed by atoms with Crippen molar-refractivity contribution in [2.24, 2.45) is 5.92 Å². The average Bonchev–Trinajstić information content (AvgIpc) is 3.22. The highest BCUT2D eigenvalue weighted by molar-refractivity contribution is 7.87. The van der Waals surface area contributed by atoms with Gasteiger partial charge in [-0.3, -0.25) is 14.4 Å². The van der Waals surface area contributed by atoms with Gasteiger partial charge in [-0.15, -0.1) is 0 Å². The normalized spacial score (nSPS) is 17.1. The summed E-state index contributed by atoms with van der Waals surface area (Å²) in [6.07, 6.45) is 7.43. The Hall–Kier alpha value is -4.16. The maximum absolute atomic E-state index is 14.0. The lowest BCUT2D eigenvalue weighted by molar-refractivity contribution is -0.144. The second kappa shape index (κ2) is 12.2. The quantitative estimate of drug-likeness (QED) is 0.416. The van der Waals surface area contributed by atoms with Crippen molar-refractivity contribution in [1.29, 1.82) is 0 Å². The highest BCUT2D eigenvalue weighted by Crippen LogP contribution is 2.47. The number of benzene rings is 2. The molecule has 1 saturated heterocycles. The summed E-state index contributed by atoms with van der Waals surface area (Å²) in [6.45, 7) is 0.961. The monoisotopic (exact) mass is 647 g/mol. The van der Waals surface area contributed by atoms with E-state index in [2.05, 4.69) is 9.29 Å². The van der Waals surface area contributed by atoms with Gasteiger partial charge >= 0.3 is 10.2 Å². The average molecular weight is 648 g/mol. The first-order valence-corrected chi connectivity index (χ1v) is 17.1. The molecular weight excluding hydrogens is 606 g/mol. The number of carbonyl (C=O) groups excluding carboxylic acids is 3. The van der Waals surface area contributed by atoms with Crippen LogP contribution in [0.3, 0.4) is 0 Å². The summed E-state index contributed by atoms with van der Waals surface area (Å²) < 4.78 is 35.7. The van der Waals surface area contributed by atoms with Gasteiger partial charge < -0.3 is 19.1 Å². The minimum atomic E-state index is -3.99. The summed E-state index contributed by atoms with van der Waals surface area (Å²) in [5.41, 5.74) is 5.54. The molecule has 2 fully saturated rings. The molecule has 3 amide bonds. The summed E-state index contributed by atoms with van der Waals surface area (Å²) in [7, 11) is 3.78. The fourth-order valence-corrected chi connectivity index (χ4v) is 7.48. The van der Waals surface area contributed by atoms with Gasteiger partial charge in [-0.1, -0.05) is 25.3 Å². The van der Waals surface area contributed by atoms with Gasteiger partial charge in [0.2, 0.25) is 5.91 Å². The van der Waals surface area contributed by atoms with E-state index in [9.17, 15) is 22.8 Å². The Balaban J connectivity index is 1.50. The lowest BCUT2D eigenvalue weighted by Gasteiger charge is -2.39. The Bertz CT molecular complexity index is 1860. The largest absolute Gasteiger partial charge is 0.497 e. The molecule has 3 aliphatic rings. The summed E-state index contributed by atoms with van der Waals surface area (Å²) >= 11 is 0. The predicted octanol–water partition coefficient (Wildman–Crippen LogP) is 3.84. The molecule has 244 valence electrons. The molecule has 46 heavy (non-hydrogen) atoms. The minimum absolute atomic E-state index is 0.00637. The van der Waals surface area contributed by atoms with Crippen molar-refractivity contribution in [3.05, 3.63) is 58.7 Å². The summed E-state index contributed by atoms with van der Waals surface area (Å²) in [4.78, 5) is 43.0. The number of methoxy groups -OCH3 is 1. The van der Waals surface area contributed by atoms with Crippen LogP contribution in [0.4, 0.5) is 0 Å². The smallest absolute Gasteiger partial charge is 0.303 e. The van der Waals surface area contributed by atoms with Crippen molar-refractivity contribution in [1.82, 2.24) is 23.4 Å². The number of hydrogen-bond donors (Lipinski definition) is 1. The van der Waals surface area contributed by atoms with Crippen molar-refractivity contribution in [2.45, 2.75) is 44.6 Å². The molecule has 1 saturated carbocycles. The van der Waals surface area contributed by atoms with Crippen molar-refractivity contribution in [2.75, 3.05) is 48.4 Å². The van der Waals surface area contributed by atoms with E-state index in [0.717, 1.165) is 57.7 Å². The van der Waals surface area contributed by atoms with Crippen LogP contribution in [0.25, 0.3) is 28.2 Å². The zero-order chi connectivity index (χ0) is 32.9. The fraction of sp³-hybridized carbons (Fsp3) is 0.441. The van der Waals surface area contributed by atoms with Crippen LogP contribution in [-0.2, 0) is 26.3 Å². The number of amides is 3. The van der Waals surface area contributed by atoms with E-state index in [1.807, 2.05) is 30.3 Å². The summed E-state index contributed by atoms with van der Waals surface area (Å²) in [5.74, 6) is -0.122. The number of fused-ring (bicyclic) bond motifs is 5. The molecule has 1 N–H and O–H groups in total. The number of nitrogens with one attached hydrogen (secondary N) is 1. The van der Waals surface area contributed by atoms with Gasteiger partial charge in [0.15, 0.2) is 0 Å². The number of nitrogens with zero attached hydrogens (tertiary/aromatic N) is 4. The third kappa shape index (κ3) is 5.68. The zero-order valence-electron chi connectivity index (χ0n) is 27.0. The summed E-state index contributed by atoms with van der Waals surface area (Å²) in [5, 5.41) is 0.991. The van der Waals surface area contributed by atoms with E-state index < -0.39 is 16.1 Å². The van der Waals surface area contributed by atoms with E-state index in [4.69, 9.17) is 4.74 Å². The van der Waals surface area contributed by atoms with Crippen molar-refractivity contribution in [3.8, 4) is 17.0 Å². The second-order valence-corrected chi connectivity index (χ2v) is 14.8.